The number of hydrogen-bond acceptors (Lipinski definition) is 6. The van der Waals surface area contributed by atoms with E-state index in [4.69, 9.17) is 0 Å². The molecule has 2 aliphatic heterocycles. The molecule has 0 atom stereocenters. The van der Waals surface area contributed by atoms with E-state index < -0.39 is 0 Å². The fourth-order valence-corrected chi connectivity index (χ4v) is 3.44. The number of piperazine rings is 1. The Hall–Kier alpha value is -2.37. The number of aromatic nitrogens is 3. The highest BCUT2D eigenvalue weighted by Gasteiger charge is 2.21. The zero-order chi connectivity index (χ0) is 16.4. The fraction of sp³-hybridized carbons (Fsp3) is 0.500. The summed E-state index contributed by atoms with van der Waals surface area (Å²) in [6.07, 6.45) is 6.18. The van der Waals surface area contributed by atoms with Crippen LogP contribution in [0.25, 0.3) is 0 Å². The molecule has 2 aliphatic rings. The van der Waals surface area contributed by atoms with E-state index in [1.807, 2.05) is 6.20 Å². The van der Waals surface area contributed by atoms with Crippen molar-refractivity contribution in [3.63, 3.8) is 0 Å². The summed E-state index contributed by atoms with van der Waals surface area (Å²) in [6, 6.07) is 6.38. The van der Waals surface area contributed by atoms with Crippen LogP contribution in [-0.2, 0) is 0 Å². The maximum absolute atomic E-state index is 4.54. The van der Waals surface area contributed by atoms with Gasteiger partial charge in [0, 0.05) is 51.5 Å². The summed E-state index contributed by atoms with van der Waals surface area (Å²) < 4.78 is 0. The predicted octanol–water partition coefficient (Wildman–Crippen LogP) is 2.11. The monoisotopic (exact) mass is 324 g/mol. The molecule has 0 aromatic carbocycles. The van der Waals surface area contributed by atoms with Gasteiger partial charge in [0.25, 0.3) is 0 Å². The van der Waals surface area contributed by atoms with Gasteiger partial charge in [-0.1, -0.05) is 6.07 Å². The molecule has 6 nitrogen and oxygen atoms in total. The predicted molar refractivity (Wildman–Crippen MR) is 96.9 cm³/mol. The third-order valence-electron chi connectivity index (χ3n) is 4.89. The largest absolute Gasteiger partial charge is 0.356 e. The van der Waals surface area contributed by atoms with Gasteiger partial charge in [-0.15, -0.1) is 0 Å². The van der Waals surface area contributed by atoms with Gasteiger partial charge in [-0.05, 0) is 31.4 Å². The quantitative estimate of drug-likeness (QED) is 0.862. The molecule has 4 rings (SSSR count). The second kappa shape index (κ2) is 6.63. The van der Waals surface area contributed by atoms with Crippen LogP contribution in [0.4, 0.5) is 17.5 Å². The van der Waals surface area contributed by atoms with Crippen molar-refractivity contribution in [1.82, 2.24) is 15.0 Å². The van der Waals surface area contributed by atoms with Crippen molar-refractivity contribution >= 4 is 17.5 Å². The Kier molecular flexibility index (Phi) is 4.19. The van der Waals surface area contributed by atoms with E-state index in [2.05, 4.69) is 54.8 Å². The molecule has 2 fully saturated rings. The highest BCUT2D eigenvalue weighted by atomic mass is 15.3. The van der Waals surface area contributed by atoms with Crippen LogP contribution in [-0.4, -0.2) is 54.2 Å². The van der Waals surface area contributed by atoms with Gasteiger partial charge in [0.15, 0.2) is 0 Å². The van der Waals surface area contributed by atoms with Crippen molar-refractivity contribution in [2.24, 2.45) is 0 Å². The first-order valence-electron chi connectivity index (χ1n) is 8.79. The molecule has 24 heavy (non-hydrogen) atoms. The van der Waals surface area contributed by atoms with Crippen LogP contribution in [0.2, 0.25) is 0 Å². The Balaban J connectivity index is 1.42. The van der Waals surface area contributed by atoms with Crippen molar-refractivity contribution in [2.75, 3.05) is 54.0 Å². The van der Waals surface area contributed by atoms with Gasteiger partial charge < -0.3 is 14.7 Å². The second-order valence-electron chi connectivity index (χ2n) is 6.60. The first kappa shape index (κ1) is 15.2. The molecule has 4 heterocycles. The maximum atomic E-state index is 4.54. The van der Waals surface area contributed by atoms with Crippen molar-refractivity contribution in [3.8, 4) is 0 Å². The van der Waals surface area contributed by atoms with E-state index in [1.54, 1.807) is 6.33 Å². The number of anilines is 3. The summed E-state index contributed by atoms with van der Waals surface area (Å²) in [5, 5.41) is 0. The van der Waals surface area contributed by atoms with Crippen LogP contribution in [0.5, 0.6) is 0 Å². The molecule has 0 saturated carbocycles. The van der Waals surface area contributed by atoms with E-state index in [0.717, 1.165) is 56.7 Å². The third-order valence-corrected chi connectivity index (χ3v) is 4.89. The molecule has 0 unspecified atom stereocenters. The van der Waals surface area contributed by atoms with Crippen LogP contribution >= 0.6 is 0 Å². The molecular weight excluding hydrogens is 300 g/mol. The summed E-state index contributed by atoms with van der Waals surface area (Å²) in [4.78, 5) is 20.6. The standard InChI is InChI=1S/C18H24N6/c1-15-4-5-16(19-13-15)23-8-10-24(11-9-23)18-12-17(20-14-21-18)22-6-2-3-7-22/h4-5,12-14H,2-3,6-11H2,1H3. The van der Waals surface area contributed by atoms with Crippen LogP contribution in [0.3, 0.4) is 0 Å². The van der Waals surface area contributed by atoms with Crippen molar-refractivity contribution < 1.29 is 0 Å². The molecule has 0 bridgehead atoms. The molecule has 0 aliphatic carbocycles. The van der Waals surface area contributed by atoms with Gasteiger partial charge in [-0.2, -0.15) is 0 Å². The van der Waals surface area contributed by atoms with Gasteiger partial charge in [0.2, 0.25) is 0 Å². The van der Waals surface area contributed by atoms with Gasteiger partial charge in [0.1, 0.15) is 23.8 Å². The maximum Gasteiger partial charge on any atom is 0.134 e. The smallest absolute Gasteiger partial charge is 0.134 e. The zero-order valence-corrected chi connectivity index (χ0v) is 14.2. The molecule has 2 aromatic rings. The van der Waals surface area contributed by atoms with E-state index >= 15 is 0 Å². The first-order valence-corrected chi connectivity index (χ1v) is 8.79. The Bertz CT molecular complexity index is 672. The Morgan fingerprint density at radius 3 is 1.88 bits per heavy atom. The Morgan fingerprint density at radius 1 is 0.708 bits per heavy atom. The number of pyridine rings is 1. The van der Waals surface area contributed by atoms with Crippen LogP contribution < -0.4 is 14.7 Å². The topological polar surface area (TPSA) is 48.4 Å². The van der Waals surface area contributed by atoms with Gasteiger partial charge in [0.05, 0.1) is 0 Å². The fourth-order valence-electron chi connectivity index (χ4n) is 3.44. The van der Waals surface area contributed by atoms with E-state index in [-0.39, 0.29) is 0 Å². The van der Waals surface area contributed by atoms with Crippen molar-refractivity contribution in [1.29, 1.82) is 0 Å². The Labute approximate surface area is 143 Å². The van der Waals surface area contributed by atoms with E-state index in [0.29, 0.717) is 0 Å². The lowest BCUT2D eigenvalue weighted by molar-refractivity contribution is 0.640. The molecule has 0 amide bonds. The van der Waals surface area contributed by atoms with E-state index in [1.165, 1.54) is 18.4 Å². The minimum Gasteiger partial charge on any atom is -0.356 e. The van der Waals surface area contributed by atoms with Crippen LogP contribution in [0.1, 0.15) is 18.4 Å². The van der Waals surface area contributed by atoms with Crippen LogP contribution in [0.15, 0.2) is 30.7 Å². The normalized spacial score (nSPS) is 18.3. The zero-order valence-electron chi connectivity index (χ0n) is 14.2. The summed E-state index contributed by atoms with van der Waals surface area (Å²) in [5.41, 5.74) is 1.20. The number of rotatable bonds is 3. The van der Waals surface area contributed by atoms with E-state index in [9.17, 15) is 0 Å². The first-order chi connectivity index (χ1) is 11.8. The number of nitrogens with zero attached hydrogens (tertiary/aromatic N) is 6. The number of aryl methyl sites for hydroxylation is 1. The summed E-state index contributed by atoms with van der Waals surface area (Å²) >= 11 is 0. The van der Waals surface area contributed by atoms with Gasteiger partial charge in [-0.25, -0.2) is 15.0 Å². The minimum absolute atomic E-state index is 0.964. The summed E-state index contributed by atoms with van der Waals surface area (Å²) in [7, 11) is 0. The lowest BCUT2D eigenvalue weighted by Crippen LogP contribution is -2.47. The molecule has 2 aromatic heterocycles. The lowest BCUT2D eigenvalue weighted by atomic mass is 10.2. The summed E-state index contributed by atoms with van der Waals surface area (Å²) in [6.45, 7) is 8.17. The number of hydrogen-bond donors (Lipinski definition) is 0. The molecular formula is C18H24N6. The third kappa shape index (κ3) is 3.13. The lowest BCUT2D eigenvalue weighted by Gasteiger charge is -2.36. The molecule has 6 heteroatoms. The Morgan fingerprint density at radius 2 is 1.29 bits per heavy atom. The molecule has 0 radical (unpaired) electrons. The SMILES string of the molecule is Cc1ccc(N2CCN(c3cc(N4CCCC4)ncn3)CC2)nc1. The molecule has 0 spiro atoms. The van der Waals surface area contributed by atoms with Crippen molar-refractivity contribution in [2.45, 2.75) is 19.8 Å². The minimum atomic E-state index is 0.964. The highest BCUT2D eigenvalue weighted by Crippen LogP contribution is 2.23. The molecule has 0 N–H and O–H groups in total. The van der Waals surface area contributed by atoms with Gasteiger partial charge >= 0.3 is 0 Å². The highest BCUT2D eigenvalue weighted by molar-refractivity contribution is 5.52. The molecule has 2 saturated heterocycles. The average Bonchev–Trinajstić information content (AvgIpc) is 3.17. The second-order valence-corrected chi connectivity index (χ2v) is 6.60. The van der Waals surface area contributed by atoms with Crippen LogP contribution in [0, 0.1) is 6.92 Å². The molecule has 126 valence electrons. The van der Waals surface area contributed by atoms with Gasteiger partial charge in [-0.3, -0.25) is 0 Å². The average molecular weight is 324 g/mol. The van der Waals surface area contributed by atoms with Crippen molar-refractivity contribution in [3.05, 3.63) is 36.3 Å². The summed E-state index contributed by atoms with van der Waals surface area (Å²) in [5.74, 6) is 3.18.